The summed E-state index contributed by atoms with van der Waals surface area (Å²) in [6.07, 6.45) is 1.57. The van der Waals surface area contributed by atoms with Crippen LogP contribution in [0.3, 0.4) is 0 Å². The fourth-order valence-corrected chi connectivity index (χ4v) is 3.76. The number of thiazole rings is 1. The second-order valence-corrected chi connectivity index (χ2v) is 6.22. The molecule has 0 aliphatic carbocycles. The van der Waals surface area contributed by atoms with E-state index in [0.717, 1.165) is 12.8 Å². The molecule has 0 bridgehead atoms. The molecule has 6 nitrogen and oxygen atoms in total. The predicted molar refractivity (Wildman–Crippen MR) is 76.1 cm³/mol. The van der Waals surface area contributed by atoms with Crippen LogP contribution in [0.5, 0.6) is 0 Å². The molecule has 3 heterocycles. The fourth-order valence-electron chi connectivity index (χ4n) is 3.24. The number of carbonyl (C=O) groups is 2. The molecule has 2 aliphatic heterocycles. The standard InChI is InChI=1S/C14H18N2O4S/c1-8-3-4-11-10(5-12(20-11)14(18)19-2)16(8)13(17)9-6-21-7-15-9/h6-8,10-12H,3-5H2,1-2H3/t8-,10-,11+,12+/m1/s1. The Balaban J connectivity index is 1.82. The van der Waals surface area contributed by atoms with Gasteiger partial charge in [0.1, 0.15) is 5.69 Å². The van der Waals surface area contributed by atoms with Crippen LogP contribution in [-0.2, 0) is 14.3 Å². The van der Waals surface area contributed by atoms with Crippen molar-refractivity contribution in [3.8, 4) is 0 Å². The predicted octanol–water partition coefficient (Wildman–Crippen LogP) is 1.47. The average molecular weight is 310 g/mol. The van der Waals surface area contributed by atoms with Crippen LogP contribution >= 0.6 is 11.3 Å². The van der Waals surface area contributed by atoms with E-state index in [-0.39, 0.29) is 30.1 Å². The quantitative estimate of drug-likeness (QED) is 0.774. The maximum absolute atomic E-state index is 12.7. The molecule has 114 valence electrons. The molecule has 1 aromatic heterocycles. The highest BCUT2D eigenvalue weighted by Crippen LogP contribution is 2.36. The van der Waals surface area contributed by atoms with Crippen molar-refractivity contribution in [1.29, 1.82) is 0 Å². The van der Waals surface area contributed by atoms with Crippen molar-refractivity contribution >= 4 is 23.2 Å². The van der Waals surface area contributed by atoms with Gasteiger partial charge < -0.3 is 14.4 Å². The molecule has 0 radical (unpaired) electrons. The third kappa shape index (κ3) is 2.55. The number of hydrogen-bond donors (Lipinski definition) is 0. The highest BCUT2D eigenvalue weighted by atomic mass is 32.1. The van der Waals surface area contributed by atoms with Gasteiger partial charge in [0.05, 0.1) is 24.8 Å². The first kappa shape index (κ1) is 14.5. The van der Waals surface area contributed by atoms with E-state index in [2.05, 4.69) is 4.98 Å². The van der Waals surface area contributed by atoms with Crippen LogP contribution in [0.2, 0.25) is 0 Å². The van der Waals surface area contributed by atoms with Gasteiger partial charge in [-0.2, -0.15) is 0 Å². The number of rotatable bonds is 2. The summed E-state index contributed by atoms with van der Waals surface area (Å²) in [6.45, 7) is 2.03. The number of carbonyl (C=O) groups excluding carboxylic acids is 2. The van der Waals surface area contributed by atoms with E-state index in [9.17, 15) is 9.59 Å². The van der Waals surface area contributed by atoms with Gasteiger partial charge in [-0.15, -0.1) is 11.3 Å². The lowest BCUT2D eigenvalue weighted by atomic mass is 9.92. The number of esters is 1. The van der Waals surface area contributed by atoms with Crippen molar-refractivity contribution in [1.82, 2.24) is 9.88 Å². The van der Waals surface area contributed by atoms with Gasteiger partial charge in [0.25, 0.3) is 5.91 Å². The van der Waals surface area contributed by atoms with Crippen molar-refractivity contribution in [3.05, 3.63) is 16.6 Å². The van der Waals surface area contributed by atoms with Crippen LogP contribution in [0.15, 0.2) is 10.9 Å². The van der Waals surface area contributed by atoms with Gasteiger partial charge in [-0.1, -0.05) is 0 Å². The SMILES string of the molecule is COC(=O)[C@@H]1C[C@@H]2[C@H](CC[C@@H](C)N2C(=O)c2cscn2)O1. The van der Waals surface area contributed by atoms with Gasteiger partial charge in [-0.3, -0.25) is 4.79 Å². The molecule has 4 atom stereocenters. The average Bonchev–Trinajstić information content (AvgIpc) is 3.14. The minimum atomic E-state index is -0.568. The molecule has 0 aromatic carbocycles. The number of ether oxygens (including phenoxy) is 2. The van der Waals surface area contributed by atoms with Gasteiger partial charge >= 0.3 is 5.97 Å². The van der Waals surface area contributed by atoms with E-state index in [1.54, 1.807) is 10.9 Å². The van der Waals surface area contributed by atoms with E-state index in [1.807, 2.05) is 11.8 Å². The molecule has 7 heteroatoms. The summed E-state index contributed by atoms with van der Waals surface area (Å²) in [5.74, 6) is -0.439. The molecule has 0 unspecified atom stereocenters. The Morgan fingerprint density at radius 2 is 2.29 bits per heavy atom. The maximum Gasteiger partial charge on any atom is 0.335 e. The van der Waals surface area contributed by atoms with Crippen molar-refractivity contribution in [2.45, 2.75) is 50.5 Å². The van der Waals surface area contributed by atoms with Crippen LogP contribution in [0.4, 0.5) is 0 Å². The molecule has 21 heavy (non-hydrogen) atoms. The van der Waals surface area contributed by atoms with Gasteiger partial charge in [0.15, 0.2) is 6.10 Å². The summed E-state index contributed by atoms with van der Waals surface area (Å²) < 4.78 is 10.5. The summed E-state index contributed by atoms with van der Waals surface area (Å²) in [7, 11) is 1.36. The highest BCUT2D eigenvalue weighted by molar-refractivity contribution is 7.07. The van der Waals surface area contributed by atoms with Crippen LogP contribution in [0.1, 0.15) is 36.7 Å². The zero-order chi connectivity index (χ0) is 15.0. The number of hydrogen-bond acceptors (Lipinski definition) is 6. The Bertz CT molecular complexity index is 533. The van der Waals surface area contributed by atoms with E-state index >= 15 is 0 Å². The van der Waals surface area contributed by atoms with E-state index in [0.29, 0.717) is 12.1 Å². The number of likely N-dealkylation sites (tertiary alicyclic amines) is 1. The van der Waals surface area contributed by atoms with Crippen LogP contribution in [0.25, 0.3) is 0 Å². The summed E-state index contributed by atoms with van der Waals surface area (Å²) in [5.41, 5.74) is 2.12. The lowest BCUT2D eigenvalue weighted by molar-refractivity contribution is -0.153. The zero-order valence-electron chi connectivity index (χ0n) is 12.0. The fraction of sp³-hybridized carbons (Fsp3) is 0.643. The molecule has 2 saturated heterocycles. The first-order chi connectivity index (χ1) is 10.1. The van der Waals surface area contributed by atoms with Gasteiger partial charge in [-0.05, 0) is 19.8 Å². The molecule has 3 rings (SSSR count). The van der Waals surface area contributed by atoms with Crippen LogP contribution in [-0.4, -0.2) is 53.2 Å². The lowest BCUT2D eigenvalue weighted by Crippen LogP contribution is -2.53. The molecule has 1 amide bonds. The second-order valence-electron chi connectivity index (χ2n) is 5.50. The number of fused-ring (bicyclic) bond motifs is 1. The van der Waals surface area contributed by atoms with Gasteiger partial charge in [0.2, 0.25) is 0 Å². The Morgan fingerprint density at radius 1 is 1.48 bits per heavy atom. The Labute approximate surface area is 127 Å². The molecule has 1 aromatic rings. The van der Waals surface area contributed by atoms with Crippen molar-refractivity contribution in [3.63, 3.8) is 0 Å². The molecule has 2 aliphatic rings. The smallest absolute Gasteiger partial charge is 0.335 e. The minimum absolute atomic E-state index is 0.0763. The summed E-state index contributed by atoms with van der Waals surface area (Å²) in [4.78, 5) is 30.3. The zero-order valence-corrected chi connectivity index (χ0v) is 12.8. The molecule has 0 saturated carbocycles. The summed E-state index contributed by atoms with van der Waals surface area (Å²) in [5, 5.41) is 1.76. The summed E-state index contributed by atoms with van der Waals surface area (Å²) in [6, 6.07) is 0.0486. The topological polar surface area (TPSA) is 68.7 Å². The Kier molecular flexibility index (Phi) is 3.95. The van der Waals surface area contributed by atoms with Crippen LogP contribution in [0, 0.1) is 0 Å². The Hall–Kier alpha value is -1.47. The van der Waals surface area contributed by atoms with Crippen molar-refractivity contribution in [2.75, 3.05) is 7.11 Å². The highest BCUT2D eigenvalue weighted by Gasteiger charge is 2.48. The van der Waals surface area contributed by atoms with Crippen molar-refractivity contribution in [2.24, 2.45) is 0 Å². The normalized spacial score (nSPS) is 31.8. The maximum atomic E-state index is 12.7. The first-order valence-corrected chi connectivity index (χ1v) is 8.00. The molecule has 0 N–H and O–H groups in total. The molecule has 0 spiro atoms. The van der Waals surface area contributed by atoms with E-state index in [1.165, 1.54) is 18.4 Å². The third-order valence-electron chi connectivity index (χ3n) is 4.27. The van der Waals surface area contributed by atoms with E-state index < -0.39 is 6.10 Å². The third-order valence-corrected chi connectivity index (χ3v) is 4.86. The second kappa shape index (κ2) is 5.73. The summed E-state index contributed by atoms with van der Waals surface area (Å²) >= 11 is 1.40. The molecular formula is C14H18N2O4S. The minimum Gasteiger partial charge on any atom is -0.467 e. The number of methoxy groups -OCH3 is 1. The first-order valence-electron chi connectivity index (χ1n) is 7.06. The van der Waals surface area contributed by atoms with Crippen molar-refractivity contribution < 1.29 is 19.1 Å². The van der Waals surface area contributed by atoms with Gasteiger partial charge in [0, 0.05) is 17.8 Å². The number of nitrogens with zero attached hydrogens (tertiary/aromatic N) is 2. The monoisotopic (exact) mass is 310 g/mol. The van der Waals surface area contributed by atoms with Gasteiger partial charge in [-0.25, -0.2) is 9.78 Å². The number of aromatic nitrogens is 1. The lowest BCUT2D eigenvalue weighted by Gasteiger charge is -2.41. The van der Waals surface area contributed by atoms with Crippen LogP contribution < -0.4 is 0 Å². The number of piperidine rings is 1. The number of amides is 1. The largest absolute Gasteiger partial charge is 0.467 e. The molecule has 2 fully saturated rings. The molecular weight excluding hydrogens is 292 g/mol. The Morgan fingerprint density at radius 3 is 2.95 bits per heavy atom. The van der Waals surface area contributed by atoms with E-state index in [4.69, 9.17) is 9.47 Å².